The molecule has 2 N–H and O–H groups in total. The first-order chi connectivity index (χ1) is 14.0. The largest absolute Gasteiger partial charge is 0.483 e. The first-order valence-corrected chi connectivity index (χ1v) is 9.66. The highest BCUT2D eigenvalue weighted by Crippen LogP contribution is 2.45. The summed E-state index contributed by atoms with van der Waals surface area (Å²) in [6, 6.07) is 7.93. The molecule has 0 bridgehead atoms. The number of hydrogen-bond donors (Lipinski definition) is 2. The fourth-order valence-corrected chi connectivity index (χ4v) is 4.28. The van der Waals surface area contributed by atoms with Gasteiger partial charge in [-0.25, -0.2) is 4.98 Å². The normalized spacial score (nSPS) is 19.3. The molecule has 1 aromatic carbocycles. The molecule has 1 amide bonds. The summed E-state index contributed by atoms with van der Waals surface area (Å²) in [5.41, 5.74) is 1.44. The molecule has 1 spiro atoms. The SMILES string of the molecule is Cc1nccn1-c1ccccc1CNC(=O)C1CC(=O)OC12CCCC2.O=CO. The summed E-state index contributed by atoms with van der Waals surface area (Å²) in [5.74, 6) is 0.180. The highest BCUT2D eigenvalue weighted by Gasteiger charge is 2.53. The number of imidazole rings is 1. The lowest BCUT2D eigenvalue weighted by molar-refractivity contribution is -0.150. The van der Waals surface area contributed by atoms with E-state index in [1.54, 1.807) is 6.20 Å². The molecule has 1 saturated heterocycles. The molecule has 1 atom stereocenters. The molecule has 2 fully saturated rings. The van der Waals surface area contributed by atoms with Gasteiger partial charge in [-0.2, -0.15) is 0 Å². The first kappa shape index (κ1) is 20.6. The van der Waals surface area contributed by atoms with Crippen LogP contribution in [0.1, 0.15) is 43.5 Å². The molecular formula is C21H25N3O5. The molecule has 8 nitrogen and oxygen atoms in total. The Kier molecular flexibility index (Phi) is 6.31. The third-order valence-electron chi connectivity index (χ3n) is 5.62. The molecule has 2 aromatic rings. The molecule has 2 aliphatic rings. The van der Waals surface area contributed by atoms with Crippen molar-refractivity contribution in [3.63, 3.8) is 0 Å². The monoisotopic (exact) mass is 399 g/mol. The predicted octanol–water partition coefficient (Wildman–Crippen LogP) is 2.37. The van der Waals surface area contributed by atoms with Crippen LogP contribution in [0, 0.1) is 12.8 Å². The van der Waals surface area contributed by atoms with E-state index in [9.17, 15) is 9.59 Å². The van der Waals surface area contributed by atoms with Crippen molar-refractivity contribution in [2.45, 2.75) is 51.2 Å². The molecule has 4 rings (SSSR count). The summed E-state index contributed by atoms with van der Waals surface area (Å²) >= 11 is 0. The number of rotatable bonds is 4. The zero-order valence-electron chi connectivity index (χ0n) is 16.3. The van der Waals surface area contributed by atoms with Gasteiger partial charge in [-0.1, -0.05) is 18.2 Å². The Morgan fingerprint density at radius 3 is 2.72 bits per heavy atom. The van der Waals surface area contributed by atoms with Crippen LogP contribution >= 0.6 is 0 Å². The van der Waals surface area contributed by atoms with Gasteiger partial charge >= 0.3 is 5.97 Å². The number of benzene rings is 1. The fraction of sp³-hybridized carbons (Fsp3) is 0.429. The summed E-state index contributed by atoms with van der Waals surface area (Å²) in [7, 11) is 0. The lowest BCUT2D eigenvalue weighted by Crippen LogP contribution is -2.42. The molecule has 1 unspecified atom stereocenters. The van der Waals surface area contributed by atoms with Crippen molar-refractivity contribution >= 4 is 18.3 Å². The van der Waals surface area contributed by atoms with E-state index in [4.69, 9.17) is 14.6 Å². The van der Waals surface area contributed by atoms with Gasteiger partial charge in [0.1, 0.15) is 11.4 Å². The Morgan fingerprint density at radius 2 is 2.07 bits per heavy atom. The number of para-hydroxylation sites is 1. The van der Waals surface area contributed by atoms with E-state index in [-0.39, 0.29) is 30.7 Å². The lowest BCUT2D eigenvalue weighted by atomic mass is 9.85. The van der Waals surface area contributed by atoms with Gasteiger partial charge in [-0.3, -0.25) is 14.4 Å². The Balaban J connectivity index is 0.000000755. The first-order valence-electron chi connectivity index (χ1n) is 9.66. The number of aromatic nitrogens is 2. The van der Waals surface area contributed by atoms with Crippen LogP contribution in [0.15, 0.2) is 36.7 Å². The molecule has 1 aliphatic carbocycles. The van der Waals surface area contributed by atoms with Crippen molar-refractivity contribution in [3.8, 4) is 5.69 Å². The Hall–Kier alpha value is -3.16. The molecule has 0 radical (unpaired) electrons. The third kappa shape index (κ3) is 4.31. The number of carbonyl (C=O) groups is 3. The smallest absolute Gasteiger partial charge is 0.307 e. The number of carboxylic acid groups (broad SMARTS) is 1. The van der Waals surface area contributed by atoms with Crippen molar-refractivity contribution in [2.24, 2.45) is 5.92 Å². The van der Waals surface area contributed by atoms with Crippen LogP contribution in [-0.2, 0) is 25.7 Å². The summed E-state index contributed by atoms with van der Waals surface area (Å²) in [6.45, 7) is 2.11. The number of nitrogens with zero attached hydrogens (tertiary/aromatic N) is 2. The van der Waals surface area contributed by atoms with E-state index in [1.807, 2.05) is 42.0 Å². The third-order valence-corrected chi connectivity index (χ3v) is 5.62. The number of nitrogens with one attached hydrogen (secondary N) is 1. The van der Waals surface area contributed by atoms with E-state index < -0.39 is 5.60 Å². The van der Waals surface area contributed by atoms with Gasteiger partial charge in [0.05, 0.1) is 18.0 Å². The van der Waals surface area contributed by atoms with Gasteiger partial charge in [0.2, 0.25) is 5.91 Å². The van der Waals surface area contributed by atoms with Crippen molar-refractivity contribution in [2.75, 3.05) is 0 Å². The minimum absolute atomic E-state index is 0.0880. The molecule has 29 heavy (non-hydrogen) atoms. The number of ether oxygens (including phenoxy) is 1. The maximum atomic E-state index is 12.8. The highest BCUT2D eigenvalue weighted by molar-refractivity contribution is 5.88. The van der Waals surface area contributed by atoms with Crippen LogP contribution in [0.4, 0.5) is 0 Å². The number of amides is 1. The van der Waals surface area contributed by atoms with Gasteiger partial charge in [-0.15, -0.1) is 0 Å². The zero-order valence-corrected chi connectivity index (χ0v) is 16.3. The molecule has 8 heteroatoms. The standard InChI is InChI=1S/C20H23N3O3.CH2O2/c1-14-21-10-11-23(14)17-7-3-2-6-15(17)13-22-19(25)16-12-18(24)26-20(16)8-4-5-9-20;2-1-3/h2-3,6-7,10-11,16H,4-5,8-9,12-13H2,1H3,(H,22,25);1H,(H,2,3). The van der Waals surface area contributed by atoms with Crippen molar-refractivity contribution in [3.05, 3.63) is 48.0 Å². The summed E-state index contributed by atoms with van der Waals surface area (Å²) < 4.78 is 7.58. The van der Waals surface area contributed by atoms with E-state index in [1.165, 1.54) is 0 Å². The average Bonchev–Trinajstić information content (AvgIpc) is 3.42. The van der Waals surface area contributed by atoms with Gasteiger partial charge in [0, 0.05) is 18.9 Å². The summed E-state index contributed by atoms with van der Waals surface area (Å²) in [6.07, 6.45) is 7.47. The lowest BCUT2D eigenvalue weighted by Gasteiger charge is -2.28. The Morgan fingerprint density at radius 1 is 1.38 bits per heavy atom. The van der Waals surface area contributed by atoms with Crippen LogP contribution in [0.3, 0.4) is 0 Å². The van der Waals surface area contributed by atoms with E-state index in [0.717, 1.165) is 42.8 Å². The predicted molar refractivity (Wildman–Crippen MR) is 104 cm³/mol. The topological polar surface area (TPSA) is 111 Å². The maximum Gasteiger partial charge on any atom is 0.307 e. The van der Waals surface area contributed by atoms with E-state index in [0.29, 0.717) is 6.54 Å². The fourth-order valence-electron chi connectivity index (χ4n) is 4.28. The highest BCUT2D eigenvalue weighted by atomic mass is 16.6. The molecule has 1 saturated carbocycles. The minimum atomic E-state index is -0.568. The second-order valence-electron chi connectivity index (χ2n) is 7.30. The van der Waals surface area contributed by atoms with Crippen molar-refractivity contribution in [1.29, 1.82) is 0 Å². The van der Waals surface area contributed by atoms with Crippen molar-refractivity contribution < 1.29 is 24.2 Å². The molecule has 1 aliphatic heterocycles. The van der Waals surface area contributed by atoms with Crippen LogP contribution in [0.2, 0.25) is 0 Å². The molecular weight excluding hydrogens is 374 g/mol. The second-order valence-corrected chi connectivity index (χ2v) is 7.30. The van der Waals surface area contributed by atoms with Crippen LogP contribution in [0.25, 0.3) is 5.69 Å². The minimum Gasteiger partial charge on any atom is -0.483 e. The van der Waals surface area contributed by atoms with Gasteiger partial charge < -0.3 is 19.7 Å². The number of hydrogen-bond acceptors (Lipinski definition) is 5. The van der Waals surface area contributed by atoms with Gasteiger partial charge in [-0.05, 0) is 44.2 Å². The summed E-state index contributed by atoms with van der Waals surface area (Å²) in [4.78, 5) is 37.3. The van der Waals surface area contributed by atoms with E-state index >= 15 is 0 Å². The van der Waals surface area contributed by atoms with Crippen LogP contribution in [-0.4, -0.2) is 38.6 Å². The van der Waals surface area contributed by atoms with Gasteiger partial charge in [0.25, 0.3) is 6.47 Å². The maximum absolute atomic E-state index is 12.8. The quantitative estimate of drug-likeness (QED) is 0.603. The molecule has 1 aromatic heterocycles. The average molecular weight is 399 g/mol. The van der Waals surface area contributed by atoms with Crippen molar-refractivity contribution in [1.82, 2.24) is 14.9 Å². The molecule has 2 heterocycles. The zero-order chi connectivity index (χ0) is 20.9. The number of esters is 1. The summed E-state index contributed by atoms with van der Waals surface area (Å²) in [5, 5.41) is 9.92. The second kappa shape index (κ2) is 8.89. The van der Waals surface area contributed by atoms with Crippen LogP contribution < -0.4 is 5.32 Å². The number of carbonyl (C=O) groups excluding carboxylic acids is 2. The Bertz CT molecular complexity index is 886. The number of aryl methyl sites for hydroxylation is 1. The van der Waals surface area contributed by atoms with E-state index in [2.05, 4.69) is 10.3 Å². The van der Waals surface area contributed by atoms with Gasteiger partial charge in [0.15, 0.2) is 0 Å². The van der Waals surface area contributed by atoms with Crippen LogP contribution in [0.5, 0.6) is 0 Å². The Labute approximate surface area is 168 Å². The molecule has 154 valence electrons.